The van der Waals surface area contributed by atoms with Gasteiger partial charge in [0.2, 0.25) is 0 Å². The number of hydrogen-bond donors (Lipinski definition) is 0. The highest BCUT2D eigenvalue weighted by molar-refractivity contribution is 7.86. The van der Waals surface area contributed by atoms with Gasteiger partial charge >= 0.3 is 47.0 Å². The lowest BCUT2D eigenvalue weighted by atomic mass is 9.91. The number of halogens is 17. The van der Waals surface area contributed by atoms with Gasteiger partial charge in [0.15, 0.2) is 10.1 Å². The minimum atomic E-state index is -8.92. The van der Waals surface area contributed by atoms with E-state index in [4.69, 9.17) is 0 Å². The summed E-state index contributed by atoms with van der Waals surface area (Å²) in [5.74, 6) is -52.1. The van der Waals surface area contributed by atoms with Gasteiger partial charge in [-0.15, -0.1) is 0 Å². The molecule has 0 aliphatic heterocycles. The van der Waals surface area contributed by atoms with Crippen LogP contribution in [0.3, 0.4) is 0 Å². The van der Waals surface area contributed by atoms with E-state index in [1.165, 1.54) is 69.2 Å². The predicted octanol–water partition coefficient (Wildman–Crippen LogP) is 8.72. The summed E-state index contributed by atoms with van der Waals surface area (Å²) in [5, 5.41) is -7.95. The highest BCUT2D eigenvalue weighted by atomic mass is 32.2. The van der Waals surface area contributed by atoms with E-state index in [0.29, 0.717) is 0 Å². The first-order valence-corrected chi connectivity index (χ1v) is 14.2. The largest absolute Gasteiger partial charge is 0.743 e. The second-order valence-corrected chi connectivity index (χ2v) is 11.2. The van der Waals surface area contributed by atoms with Gasteiger partial charge in [-0.2, -0.15) is 74.6 Å². The number of alkyl halides is 17. The zero-order chi connectivity index (χ0) is 36.1. The number of unbranched alkanes of at least 4 members (excludes halogenated alkanes) is 3. The van der Waals surface area contributed by atoms with Crippen molar-refractivity contribution in [2.45, 2.75) is 113 Å². The van der Waals surface area contributed by atoms with Crippen molar-refractivity contribution in [2.75, 3.05) is 26.2 Å². The smallest absolute Gasteiger partial charge is 0.460 e. The summed E-state index contributed by atoms with van der Waals surface area (Å²) in [7, 11) is -8.14. The molecule has 0 fully saturated rings. The molecule has 22 heteroatoms. The van der Waals surface area contributed by atoms with Gasteiger partial charge in [0.1, 0.15) is 0 Å². The van der Waals surface area contributed by atoms with Crippen LogP contribution >= 0.6 is 0 Å². The number of quaternary nitrogens is 1. The molecule has 0 aromatic heterocycles. The lowest BCUT2D eigenvalue weighted by molar-refractivity contribution is -0.927. The average Bonchev–Trinajstić information content (AvgIpc) is 2.87. The Kier molecular flexibility index (Phi) is 14.9. The molecule has 0 bridgehead atoms. The summed E-state index contributed by atoms with van der Waals surface area (Å²) in [6.07, 6.45) is 0.356. The number of rotatable bonds is 17. The molecule has 0 spiro atoms. The van der Waals surface area contributed by atoms with E-state index in [-0.39, 0.29) is 0 Å². The molecule has 0 heterocycles. The molecule has 0 amide bonds. The Balaban J connectivity index is 0. The summed E-state index contributed by atoms with van der Waals surface area (Å²) >= 11 is 0. The molecule has 0 rings (SSSR count). The van der Waals surface area contributed by atoms with Crippen molar-refractivity contribution >= 4 is 10.1 Å². The third-order valence-electron chi connectivity index (χ3n) is 6.64. The van der Waals surface area contributed by atoms with Gasteiger partial charge < -0.3 is 9.04 Å². The van der Waals surface area contributed by atoms with Crippen molar-refractivity contribution in [1.29, 1.82) is 0 Å². The van der Waals surface area contributed by atoms with Gasteiger partial charge in [0, 0.05) is 0 Å². The van der Waals surface area contributed by atoms with Crippen LogP contribution in [0.1, 0.15) is 66.2 Å². The van der Waals surface area contributed by atoms with E-state index >= 15 is 0 Å². The van der Waals surface area contributed by atoms with Crippen LogP contribution in [-0.4, -0.2) is 90.6 Å². The fourth-order valence-corrected chi connectivity index (χ4v) is 4.04. The Morgan fingerprint density at radius 3 is 0.932 bits per heavy atom. The molecule has 0 atom stereocenters. The van der Waals surface area contributed by atoms with Crippen LogP contribution in [0.25, 0.3) is 0 Å². The van der Waals surface area contributed by atoms with Crippen LogP contribution in [0.2, 0.25) is 0 Å². The van der Waals surface area contributed by atoms with Gasteiger partial charge in [0.05, 0.1) is 26.2 Å². The van der Waals surface area contributed by atoms with Crippen molar-refractivity contribution in [1.82, 2.24) is 0 Å². The Morgan fingerprint density at radius 2 is 0.727 bits per heavy atom. The Bertz CT molecular complexity index is 977. The zero-order valence-corrected chi connectivity index (χ0v) is 24.4. The highest BCUT2D eigenvalue weighted by Crippen LogP contribution is 2.64. The molecule has 268 valence electrons. The van der Waals surface area contributed by atoms with Gasteiger partial charge in [-0.05, 0) is 26.2 Å². The standard InChI is InChI=1S/C14H32N.C8HF17O3S/c1-5-9-12-15(8-4,13-10-6-2)14-11-7-3;9-1(10,3(13,14)5(17,18)7(21,22)23)2(11,12)4(15,16)6(19,20)8(24,25)29(26,27)28/h5-14H2,1-4H3;(H,26,27,28)/q+1;/p-1. The summed E-state index contributed by atoms with van der Waals surface area (Å²) in [4.78, 5) is 0. The minimum absolute atomic E-state index is 1.33. The lowest BCUT2D eigenvalue weighted by Gasteiger charge is -2.42. The van der Waals surface area contributed by atoms with Crippen molar-refractivity contribution < 1.29 is 92.1 Å². The van der Waals surface area contributed by atoms with Crippen molar-refractivity contribution in [3.63, 3.8) is 0 Å². The second kappa shape index (κ2) is 14.6. The van der Waals surface area contributed by atoms with Crippen LogP contribution < -0.4 is 0 Å². The lowest BCUT2D eigenvalue weighted by Crippen LogP contribution is -2.75. The van der Waals surface area contributed by atoms with E-state index in [9.17, 15) is 87.6 Å². The summed E-state index contributed by atoms with van der Waals surface area (Å²) in [6.45, 7) is 14.9. The normalized spacial score (nSPS) is 15.2. The van der Waals surface area contributed by atoms with E-state index in [0.717, 1.165) is 0 Å². The molecule has 0 N–H and O–H groups in total. The van der Waals surface area contributed by atoms with Gasteiger partial charge in [-0.25, -0.2) is 8.42 Å². The van der Waals surface area contributed by atoms with E-state index < -0.39 is 57.1 Å². The molecule has 0 unspecified atom stereocenters. The molecule has 0 aromatic rings. The van der Waals surface area contributed by atoms with E-state index in [2.05, 4.69) is 27.7 Å². The molecule has 0 aromatic carbocycles. The van der Waals surface area contributed by atoms with Gasteiger partial charge in [-0.1, -0.05) is 40.0 Å². The SMILES string of the molecule is CCCC[N+](CC)(CCCC)CCCC.O=S(=O)([O-])C(F)(F)C(F)(F)C(F)(F)C(F)(F)C(F)(F)C(F)(F)C(F)(F)C(F)(F)F. The van der Waals surface area contributed by atoms with Crippen LogP contribution in [0, 0.1) is 0 Å². The predicted molar refractivity (Wildman–Crippen MR) is 121 cm³/mol. The van der Waals surface area contributed by atoms with Crippen molar-refractivity contribution in [3.8, 4) is 0 Å². The number of hydrogen-bond acceptors (Lipinski definition) is 3. The second-order valence-electron chi connectivity index (χ2n) is 9.80. The van der Waals surface area contributed by atoms with Gasteiger partial charge in [0.25, 0.3) is 0 Å². The molecule has 44 heavy (non-hydrogen) atoms. The molecule has 0 saturated carbocycles. The Morgan fingerprint density at radius 1 is 0.477 bits per heavy atom. The molecular weight excluding hydrogens is 681 g/mol. The quantitative estimate of drug-likeness (QED) is 0.0862. The summed E-state index contributed by atoms with van der Waals surface area (Å²) in [5.41, 5.74) is 0. The fraction of sp³-hybridized carbons (Fsp3) is 1.00. The Labute approximate surface area is 242 Å². The van der Waals surface area contributed by atoms with Crippen LogP contribution in [0.15, 0.2) is 0 Å². The molecule has 0 radical (unpaired) electrons. The topological polar surface area (TPSA) is 57.2 Å². The first-order valence-electron chi connectivity index (χ1n) is 12.8. The first-order chi connectivity index (χ1) is 19.2. The molecular formula is C22H32F17NO3S. The number of nitrogens with zero attached hydrogens (tertiary/aromatic N) is 1. The first kappa shape index (κ1) is 44.8. The zero-order valence-electron chi connectivity index (χ0n) is 23.6. The third kappa shape index (κ3) is 8.14. The fourth-order valence-electron chi connectivity index (χ4n) is 3.60. The summed E-state index contributed by atoms with van der Waals surface area (Å²) in [6, 6.07) is 0. The van der Waals surface area contributed by atoms with Crippen molar-refractivity contribution in [2.24, 2.45) is 0 Å². The van der Waals surface area contributed by atoms with Crippen LogP contribution in [0.5, 0.6) is 0 Å². The maximum atomic E-state index is 13.0. The van der Waals surface area contributed by atoms with Crippen molar-refractivity contribution in [3.05, 3.63) is 0 Å². The van der Waals surface area contributed by atoms with E-state index in [1.807, 2.05) is 0 Å². The molecule has 0 aliphatic rings. The molecule has 0 aliphatic carbocycles. The highest BCUT2D eigenvalue weighted by Gasteiger charge is 2.95. The third-order valence-corrected chi connectivity index (χ3v) is 7.52. The van der Waals surface area contributed by atoms with Crippen LogP contribution in [0.4, 0.5) is 74.6 Å². The monoisotopic (exact) mass is 713 g/mol. The average molecular weight is 714 g/mol. The van der Waals surface area contributed by atoms with Crippen LogP contribution in [-0.2, 0) is 10.1 Å². The summed E-state index contributed by atoms with van der Waals surface area (Å²) < 4.78 is 245. The maximum Gasteiger partial charge on any atom is 0.460 e. The molecule has 4 nitrogen and oxygen atoms in total. The van der Waals surface area contributed by atoms with Gasteiger partial charge in [-0.3, -0.25) is 0 Å². The Hall–Kier alpha value is -1.32. The minimum Gasteiger partial charge on any atom is -0.743 e. The molecule has 0 saturated heterocycles. The van der Waals surface area contributed by atoms with E-state index in [1.54, 1.807) is 0 Å². The maximum absolute atomic E-state index is 13.0.